The monoisotopic (exact) mass is 238 g/mol. The molecule has 2 rings (SSSR count). The third-order valence-electron chi connectivity index (χ3n) is 4.25. The maximum absolute atomic E-state index is 6.00. The van der Waals surface area contributed by atoms with Crippen LogP contribution in [0, 0.1) is 0 Å². The number of hydrogen-bond acceptors (Lipinski definition) is 4. The van der Waals surface area contributed by atoms with E-state index in [1.807, 2.05) is 0 Å². The SMILES string of the molecule is CCCN1CCCC2(CC1)CN=C(N)N2CC. The Hall–Kier alpha value is -0.770. The van der Waals surface area contributed by atoms with Crippen LogP contribution in [-0.2, 0) is 0 Å². The van der Waals surface area contributed by atoms with E-state index < -0.39 is 0 Å². The van der Waals surface area contributed by atoms with Crippen molar-refractivity contribution in [3.63, 3.8) is 0 Å². The van der Waals surface area contributed by atoms with Gasteiger partial charge in [0.1, 0.15) is 0 Å². The van der Waals surface area contributed by atoms with E-state index >= 15 is 0 Å². The van der Waals surface area contributed by atoms with Crippen molar-refractivity contribution in [3.05, 3.63) is 0 Å². The first-order valence-electron chi connectivity index (χ1n) is 7.02. The minimum Gasteiger partial charge on any atom is -0.370 e. The predicted molar refractivity (Wildman–Crippen MR) is 72.2 cm³/mol. The Bertz CT molecular complexity index is 289. The van der Waals surface area contributed by atoms with Gasteiger partial charge in [-0.25, -0.2) is 0 Å². The van der Waals surface area contributed by atoms with Crippen LogP contribution in [0.4, 0.5) is 0 Å². The summed E-state index contributed by atoms with van der Waals surface area (Å²) >= 11 is 0. The number of nitrogens with zero attached hydrogens (tertiary/aromatic N) is 3. The Kier molecular flexibility index (Phi) is 3.92. The highest BCUT2D eigenvalue weighted by atomic mass is 15.4. The van der Waals surface area contributed by atoms with Crippen LogP contribution in [-0.4, -0.2) is 54.0 Å². The summed E-state index contributed by atoms with van der Waals surface area (Å²) in [6.45, 7) is 10.0. The van der Waals surface area contributed by atoms with Crippen molar-refractivity contribution >= 4 is 5.96 Å². The summed E-state index contributed by atoms with van der Waals surface area (Å²) in [5.74, 6) is 0.761. The van der Waals surface area contributed by atoms with Gasteiger partial charge in [0.15, 0.2) is 5.96 Å². The van der Waals surface area contributed by atoms with Crippen LogP contribution in [0.3, 0.4) is 0 Å². The standard InChI is InChI=1S/C13H26N4/c1-3-8-16-9-5-6-13(7-10-16)11-15-12(14)17(13)4-2/h3-11H2,1-2H3,(H2,14,15). The molecule has 0 radical (unpaired) electrons. The van der Waals surface area contributed by atoms with E-state index in [1.54, 1.807) is 0 Å². The second-order valence-corrected chi connectivity index (χ2v) is 5.34. The molecule has 2 N–H and O–H groups in total. The topological polar surface area (TPSA) is 44.9 Å². The van der Waals surface area contributed by atoms with Gasteiger partial charge in [-0.15, -0.1) is 0 Å². The minimum absolute atomic E-state index is 0.237. The zero-order valence-corrected chi connectivity index (χ0v) is 11.3. The third-order valence-corrected chi connectivity index (χ3v) is 4.25. The molecule has 1 unspecified atom stereocenters. The molecule has 1 spiro atoms. The van der Waals surface area contributed by atoms with Crippen molar-refractivity contribution in [1.82, 2.24) is 9.80 Å². The van der Waals surface area contributed by atoms with Gasteiger partial charge in [-0.1, -0.05) is 6.92 Å². The van der Waals surface area contributed by atoms with Crippen molar-refractivity contribution in [2.45, 2.75) is 45.1 Å². The normalized spacial score (nSPS) is 30.7. The van der Waals surface area contributed by atoms with Gasteiger partial charge in [0.2, 0.25) is 0 Å². The average Bonchev–Trinajstić information content (AvgIpc) is 2.49. The van der Waals surface area contributed by atoms with Gasteiger partial charge < -0.3 is 15.5 Å². The van der Waals surface area contributed by atoms with Crippen molar-refractivity contribution in [2.24, 2.45) is 10.7 Å². The summed E-state index contributed by atoms with van der Waals surface area (Å²) in [6.07, 6.45) is 4.98. The van der Waals surface area contributed by atoms with Gasteiger partial charge >= 0.3 is 0 Å². The van der Waals surface area contributed by atoms with Crippen LogP contribution in [0.5, 0.6) is 0 Å². The van der Waals surface area contributed by atoms with E-state index in [0.717, 1.165) is 19.0 Å². The van der Waals surface area contributed by atoms with Crippen LogP contribution < -0.4 is 5.73 Å². The van der Waals surface area contributed by atoms with Gasteiger partial charge in [0, 0.05) is 13.1 Å². The number of nitrogens with two attached hydrogens (primary N) is 1. The fraction of sp³-hybridized carbons (Fsp3) is 0.923. The minimum atomic E-state index is 0.237. The van der Waals surface area contributed by atoms with Crippen molar-refractivity contribution in [3.8, 4) is 0 Å². The summed E-state index contributed by atoms with van der Waals surface area (Å²) in [5, 5.41) is 0. The number of hydrogen-bond donors (Lipinski definition) is 1. The molecule has 4 heteroatoms. The summed E-state index contributed by atoms with van der Waals surface area (Å²) < 4.78 is 0. The molecule has 4 nitrogen and oxygen atoms in total. The number of likely N-dealkylation sites (N-methyl/N-ethyl adjacent to an activating group) is 1. The molecule has 17 heavy (non-hydrogen) atoms. The fourth-order valence-corrected chi connectivity index (χ4v) is 3.34. The summed E-state index contributed by atoms with van der Waals surface area (Å²) in [7, 11) is 0. The molecule has 2 heterocycles. The Balaban J connectivity index is 2.02. The first-order valence-corrected chi connectivity index (χ1v) is 7.02. The maximum atomic E-state index is 6.00. The van der Waals surface area contributed by atoms with Crippen LogP contribution >= 0.6 is 0 Å². The van der Waals surface area contributed by atoms with E-state index in [4.69, 9.17) is 5.73 Å². The Morgan fingerprint density at radius 3 is 2.82 bits per heavy atom. The second-order valence-electron chi connectivity index (χ2n) is 5.34. The molecule has 0 bridgehead atoms. The molecule has 0 aromatic heterocycles. The highest BCUT2D eigenvalue weighted by molar-refractivity contribution is 5.81. The first-order chi connectivity index (χ1) is 8.22. The molecule has 1 atom stereocenters. The van der Waals surface area contributed by atoms with Crippen LogP contribution in [0.15, 0.2) is 4.99 Å². The zero-order chi connectivity index (χ0) is 12.3. The highest BCUT2D eigenvalue weighted by Crippen LogP contribution is 2.32. The summed E-state index contributed by atoms with van der Waals surface area (Å²) in [6, 6.07) is 0. The molecule has 98 valence electrons. The Morgan fingerprint density at radius 1 is 1.29 bits per heavy atom. The van der Waals surface area contributed by atoms with Crippen LogP contribution in [0.2, 0.25) is 0 Å². The highest BCUT2D eigenvalue weighted by Gasteiger charge is 2.41. The van der Waals surface area contributed by atoms with Crippen molar-refractivity contribution in [2.75, 3.05) is 32.7 Å². The number of rotatable bonds is 3. The van der Waals surface area contributed by atoms with Gasteiger partial charge in [0.05, 0.1) is 12.1 Å². The van der Waals surface area contributed by atoms with Crippen molar-refractivity contribution in [1.29, 1.82) is 0 Å². The van der Waals surface area contributed by atoms with Gasteiger partial charge in [-0.3, -0.25) is 4.99 Å². The molecule has 2 aliphatic heterocycles. The average molecular weight is 238 g/mol. The second kappa shape index (κ2) is 5.25. The molecule has 0 aromatic rings. The van der Waals surface area contributed by atoms with Crippen LogP contribution in [0.25, 0.3) is 0 Å². The smallest absolute Gasteiger partial charge is 0.191 e. The van der Waals surface area contributed by atoms with E-state index in [0.29, 0.717) is 0 Å². The molecule has 1 saturated heterocycles. The molecule has 0 saturated carbocycles. The Labute approximate surface area is 105 Å². The molecule has 0 aliphatic carbocycles. The zero-order valence-electron chi connectivity index (χ0n) is 11.3. The van der Waals surface area contributed by atoms with Gasteiger partial charge in [-0.2, -0.15) is 0 Å². The quantitative estimate of drug-likeness (QED) is 0.805. The molecule has 0 amide bonds. The lowest BCUT2D eigenvalue weighted by molar-refractivity contribution is 0.178. The predicted octanol–water partition coefficient (Wildman–Crippen LogP) is 1.27. The van der Waals surface area contributed by atoms with Gasteiger partial charge in [-0.05, 0) is 45.7 Å². The molecular formula is C13H26N4. The number of likely N-dealkylation sites (tertiary alicyclic amines) is 1. The molecule has 1 fully saturated rings. The lowest BCUT2D eigenvalue weighted by Crippen LogP contribution is -2.51. The molecular weight excluding hydrogens is 212 g/mol. The van der Waals surface area contributed by atoms with E-state index in [1.165, 1.54) is 45.3 Å². The largest absolute Gasteiger partial charge is 0.370 e. The lowest BCUT2D eigenvalue weighted by Gasteiger charge is -2.38. The summed E-state index contributed by atoms with van der Waals surface area (Å²) in [5.41, 5.74) is 6.24. The summed E-state index contributed by atoms with van der Waals surface area (Å²) in [4.78, 5) is 9.41. The van der Waals surface area contributed by atoms with Gasteiger partial charge in [0.25, 0.3) is 0 Å². The number of guanidine groups is 1. The maximum Gasteiger partial charge on any atom is 0.191 e. The van der Waals surface area contributed by atoms with Crippen molar-refractivity contribution < 1.29 is 0 Å². The molecule has 2 aliphatic rings. The first kappa shape index (κ1) is 12.7. The van der Waals surface area contributed by atoms with E-state index in [-0.39, 0.29) is 5.54 Å². The third kappa shape index (κ3) is 2.41. The fourth-order valence-electron chi connectivity index (χ4n) is 3.34. The van der Waals surface area contributed by atoms with Crippen LogP contribution in [0.1, 0.15) is 39.5 Å². The molecule has 0 aromatic carbocycles. The van der Waals surface area contributed by atoms with E-state index in [9.17, 15) is 0 Å². The number of aliphatic imine (C=N–C) groups is 1. The Morgan fingerprint density at radius 2 is 2.12 bits per heavy atom. The van der Waals surface area contributed by atoms with E-state index in [2.05, 4.69) is 28.6 Å². The lowest BCUT2D eigenvalue weighted by atomic mass is 9.89.